The monoisotopic (exact) mass is 785 g/mol. The Hall–Kier alpha value is -3.26. The van der Waals surface area contributed by atoms with Gasteiger partial charge in [0.1, 0.15) is 0 Å². The Morgan fingerprint density at radius 2 is 0.740 bits per heavy atom. The van der Waals surface area contributed by atoms with Crippen LogP contribution >= 0.6 is 0 Å². The second-order valence-electron chi connectivity index (χ2n) is 11.5. The standard InChI is InChI=1S/2C21H17.C2H5Si.C2H6.2ClH.Zr/c2*1-2-15-13-17-9-6-12-20(21(17)14-15)19-11-5-8-16-7-3-4-10-18(16)19;1-2-3;1-2;;;/h2*3-14H,2H2,1H3;2H2,1H3;1-2H3;2*1H;/q2*-1;;;;;+4/p-2. The first-order valence-corrected chi connectivity index (χ1v) is 17.8. The third-order valence-corrected chi connectivity index (χ3v) is 8.60. The largest absolute Gasteiger partial charge is 4.00 e. The molecule has 0 unspecified atom stereocenters. The summed E-state index contributed by atoms with van der Waals surface area (Å²) in [5, 5.41) is 10.7. The Morgan fingerprint density at radius 1 is 0.440 bits per heavy atom. The van der Waals surface area contributed by atoms with Crippen LogP contribution in [0.5, 0.6) is 0 Å². The van der Waals surface area contributed by atoms with E-state index in [-0.39, 0.29) is 51.0 Å². The van der Waals surface area contributed by atoms with Crippen molar-refractivity contribution in [2.45, 2.75) is 53.5 Å². The third-order valence-electron chi connectivity index (χ3n) is 8.60. The minimum atomic E-state index is 0. The quantitative estimate of drug-likeness (QED) is 0.128. The topological polar surface area (TPSA) is 0 Å². The Morgan fingerprint density at radius 3 is 1.10 bits per heavy atom. The van der Waals surface area contributed by atoms with Crippen molar-refractivity contribution < 1.29 is 51.0 Å². The molecule has 0 fully saturated rings. The van der Waals surface area contributed by atoms with Gasteiger partial charge in [0.2, 0.25) is 0 Å². The Kier molecular flexibility index (Phi) is 18.2. The van der Waals surface area contributed by atoms with Gasteiger partial charge in [-0.1, -0.05) is 149 Å². The van der Waals surface area contributed by atoms with Crippen molar-refractivity contribution in [1.29, 1.82) is 0 Å². The van der Waals surface area contributed by atoms with Crippen LogP contribution < -0.4 is 24.8 Å². The van der Waals surface area contributed by atoms with Crippen LogP contribution in [0, 0.1) is 0 Å². The number of rotatable bonds is 4. The van der Waals surface area contributed by atoms with Crippen molar-refractivity contribution >= 4 is 53.3 Å². The van der Waals surface area contributed by atoms with Crippen LogP contribution in [-0.2, 0) is 39.0 Å². The van der Waals surface area contributed by atoms with E-state index in [2.05, 4.69) is 170 Å². The molecule has 8 aromatic rings. The van der Waals surface area contributed by atoms with Crippen molar-refractivity contribution in [2.24, 2.45) is 0 Å². The average Bonchev–Trinajstić information content (AvgIpc) is 3.77. The SMILES string of the molecule is CC.CC[Si].CCc1cc2c(-c3cccc4ccccc34)cccc2[cH-]1.CCc1cc2c(-c3cccc4ccccc34)cccc2[cH-]1.[Cl-].[Cl-].[Zr+4]. The molecule has 8 rings (SSSR count). The molecule has 0 aliphatic carbocycles. The maximum absolute atomic E-state index is 3.18. The van der Waals surface area contributed by atoms with Gasteiger partial charge >= 0.3 is 26.2 Å². The molecule has 0 bridgehead atoms. The van der Waals surface area contributed by atoms with E-state index < -0.39 is 0 Å². The molecule has 0 aromatic heterocycles. The van der Waals surface area contributed by atoms with Crippen LogP contribution in [0.3, 0.4) is 0 Å². The Bertz CT molecular complexity index is 2040. The second kappa shape index (κ2) is 21.2. The number of hydrogen-bond donors (Lipinski definition) is 0. The van der Waals surface area contributed by atoms with E-state index in [1.165, 1.54) is 76.5 Å². The van der Waals surface area contributed by atoms with Gasteiger partial charge in [0, 0.05) is 10.2 Å². The Balaban J connectivity index is 0.000000292. The predicted octanol–water partition coefficient (Wildman–Crippen LogP) is 7.51. The zero-order chi connectivity index (χ0) is 33.2. The van der Waals surface area contributed by atoms with Crippen molar-refractivity contribution in [2.75, 3.05) is 0 Å². The van der Waals surface area contributed by atoms with E-state index in [1.54, 1.807) is 0 Å². The first kappa shape index (κ1) is 42.9. The van der Waals surface area contributed by atoms with Gasteiger partial charge in [0.15, 0.2) is 0 Å². The molecule has 0 N–H and O–H groups in total. The maximum Gasteiger partial charge on any atom is 4.00 e. The van der Waals surface area contributed by atoms with Crippen LogP contribution in [0.4, 0.5) is 0 Å². The molecule has 0 aliphatic heterocycles. The molecule has 0 aliphatic rings. The number of hydrogen-bond acceptors (Lipinski definition) is 0. The van der Waals surface area contributed by atoms with E-state index >= 15 is 0 Å². The van der Waals surface area contributed by atoms with Crippen LogP contribution in [0.2, 0.25) is 6.04 Å². The molecule has 251 valence electrons. The zero-order valence-electron chi connectivity index (χ0n) is 29.7. The predicted molar refractivity (Wildman–Crippen MR) is 211 cm³/mol. The van der Waals surface area contributed by atoms with Crippen LogP contribution in [0.25, 0.3) is 65.3 Å². The molecule has 50 heavy (non-hydrogen) atoms. The number of benzene rings is 6. The van der Waals surface area contributed by atoms with Crippen LogP contribution in [-0.4, -0.2) is 10.2 Å². The number of aryl methyl sites for hydroxylation is 2. The van der Waals surface area contributed by atoms with E-state index in [1.807, 2.05) is 20.8 Å². The van der Waals surface area contributed by atoms with Gasteiger partial charge in [-0.3, -0.25) is 0 Å². The minimum Gasteiger partial charge on any atom is -1.00 e. The average molecular weight is 788 g/mol. The van der Waals surface area contributed by atoms with E-state index in [4.69, 9.17) is 0 Å². The van der Waals surface area contributed by atoms with Gasteiger partial charge in [-0.25, -0.2) is 0 Å². The molecule has 0 saturated heterocycles. The molecule has 0 spiro atoms. The first-order valence-electron chi connectivity index (χ1n) is 17.1. The molecular formula is C46H45Cl2SiZr. The van der Waals surface area contributed by atoms with Crippen molar-refractivity contribution in [3.63, 3.8) is 0 Å². The van der Waals surface area contributed by atoms with Gasteiger partial charge in [0.25, 0.3) is 0 Å². The summed E-state index contributed by atoms with van der Waals surface area (Å²) in [6.07, 6.45) is 2.17. The summed E-state index contributed by atoms with van der Waals surface area (Å²) in [6, 6.07) is 54.0. The number of fused-ring (bicyclic) bond motifs is 4. The van der Waals surface area contributed by atoms with Crippen molar-refractivity contribution in [1.82, 2.24) is 0 Å². The smallest absolute Gasteiger partial charge is 1.00 e. The van der Waals surface area contributed by atoms with Gasteiger partial charge in [-0.2, -0.15) is 12.1 Å². The summed E-state index contributed by atoms with van der Waals surface area (Å²) >= 11 is 0. The molecule has 8 aromatic carbocycles. The molecule has 0 nitrogen and oxygen atoms in total. The molecule has 0 heterocycles. The molecular weight excluding hydrogens is 743 g/mol. The van der Waals surface area contributed by atoms with Gasteiger partial charge in [-0.15, -0.1) is 69.1 Å². The fourth-order valence-electron chi connectivity index (χ4n) is 6.39. The van der Waals surface area contributed by atoms with Crippen molar-refractivity contribution in [3.05, 3.63) is 157 Å². The Labute approximate surface area is 334 Å². The number of halogens is 2. The van der Waals surface area contributed by atoms with Crippen LogP contribution in [0.15, 0.2) is 146 Å². The summed E-state index contributed by atoms with van der Waals surface area (Å²) in [4.78, 5) is 0. The summed E-state index contributed by atoms with van der Waals surface area (Å²) in [5.41, 5.74) is 8.15. The van der Waals surface area contributed by atoms with E-state index in [0.717, 1.165) is 18.9 Å². The fourth-order valence-corrected chi connectivity index (χ4v) is 6.39. The van der Waals surface area contributed by atoms with Gasteiger partial charge in [-0.05, 0) is 45.5 Å². The summed E-state index contributed by atoms with van der Waals surface area (Å²) in [6.45, 7) is 10.5. The summed E-state index contributed by atoms with van der Waals surface area (Å²) in [5.74, 6) is 0. The third kappa shape index (κ3) is 9.54. The van der Waals surface area contributed by atoms with E-state index in [9.17, 15) is 0 Å². The first-order chi connectivity index (χ1) is 23.1. The zero-order valence-corrected chi connectivity index (χ0v) is 34.7. The normalized spacial score (nSPS) is 9.96. The summed E-state index contributed by atoms with van der Waals surface area (Å²) in [7, 11) is 3.18. The van der Waals surface area contributed by atoms with E-state index in [0.29, 0.717) is 0 Å². The molecule has 4 heteroatoms. The van der Waals surface area contributed by atoms with Crippen LogP contribution in [0.1, 0.15) is 45.7 Å². The molecule has 0 atom stereocenters. The molecule has 3 radical (unpaired) electrons. The minimum absolute atomic E-state index is 0. The second-order valence-corrected chi connectivity index (χ2v) is 12.2. The molecule has 0 saturated carbocycles. The van der Waals surface area contributed by atoms with Gasteiger partial charge in [0.05, 0.1) is 0 Å². The van der Waals surface area contributed by atoms with Crippen molar-refractivity contribution in [3.8, 4) is 22.3 Å². The molecule has 0 amide bonds. The van der Waals surface area contributed by atoms with Gasteiger partial charge < -0.3 is 24.8 Å². The summed E-state index contributed by atoms with van der Waals surface area (Å²) < 4.78 is 0. The maximum atomic E-state index is 3.18. The fraction of sp³-hybridized carbons (Fsp3) is 0.174.